The predicted molar refractivity (Wildman–Crippen MR) is 45.2 cm³/mol. The summed E-state index contributed by atoms with van der Waals surface area (Å²) in [5.74, 6) is 0.755. The predicted octanol–water partition coefficient (Wildman–Crippen LogP) is 0.583. The van der Waals surface area contributed by atoms with Crippen molar-refractivity contribution in [3.63, 3.8) is 0 Å². The summed E-state index contributed by atoms with van der Waals surface area (Å²) in [6.07, 6.45) is 1.84. The summed E-state index contributed by atoms with van der Waals surface area (Å²) in [4.78, 5) is 0. The van der Waals surface area contributed by atoms with Crippen molar-refractivity contribution >= 4 is 0 Å². The Labute approximate surface area is 71.8 Å². The normalized spacial score (nSPS) is 10.2. The fourth-order valence-electron chi connectivity index (χ4n) is 0.959. The molecular formula is C8H14N2O2. The molecule has 0 aliphatic rings. The van der Waals surface area contributed by atoms with Gasteiger partial charge in [0.05, 0.1) is 12.8 Å². The highest BCUT2D eigenvalue weighted by molar-refractivity contribution is 5.22. The van der Waals surface area contributed by atoms with E-state index in [1.807, 2.05) is 24.7 Å². The lowest BCUT2D eigenvalue weighted by Crippen LogP contribution is -2.01. The second-order valence-corrected chi connectivity index (χ2v) is 2.51. The van der Waals surface area contributed by atoms with Crippen LogP contribution < -0.4 is 4.74 Å². The monoisotopic (exact) mass is 170 g/mol. The van der Waals surface area contributed by atoms with Gasteiger partial charge in [-0.25, -0.2) is 0 Å². The zero-order valence-electron chi connectivity index (χ0n) is 7.45. The van der Waals surface area contributed by atoms with E-state index in [2.05, 4.69) is 5.10 Å². The van der Waals surface area contributed by atoms with E-state index in [1.165, 1.54) is 0 Å². The third-order valence-electron chi connectivity index (χ3n) is 1.57. The summed E-state index contributed by atoms with van der Waals surface area (Å²) in [6.45, 7) is 5.11. The van der Waals surface area contributed by atoms with E-state index in [9.17, 15) is 0 Å². The van der Waals surface area contributed by atoms with Gasteiger partial charge < -0.3 is 9.84 Å². The summed E-state index contributed by atoms with van der Waals surface area (Å²) < 4.78 is 7.04. The molecule has 1 heterocycles. The van der Waals surface area contributed by atoms with Gasteiger partial charge in [0.15, 0.2) is 5.75 Å². The molecule has 4 heteroatoms. The minimum Gasteiger partial charge on any atom is -0.488 e. The summed E-state index contributed by atoms with van der Waals surface area (Å²) in [5, 5.41) is 12.7. The maximum Gasteiger partial charge on any atom is 0.160 e. The van der Waals surface area contributed by atoms with E-state index in [0.717, 1.165) is 18.0 Å². The van der Waals surface area contributed by atoms with E-state index in [4.69, 9.17) is 9.84 Å². The Hall–Kier alpha value is -1.03. The van der Waals surface area contributed by atoms with Gasteiger partial charge in [-0.05, 0) is 13.8 Å². The Morgan fingerprint density at radius 1 is 1.67 bits per heavy atom. The smallest absolute Gasteiger partial charge is 0.160 e. The third-order valence-corrected chi connectivity index (χ3v) is 1.57. The average Bonchev–Trinajstić information content (AvgIpc) is 2.43. The number of aryl methyl sites for hydroxylation is 2. The summed E-state index contributed by atoms with van der Waals surface area (Å²) in [7, 11) is 0. The number of rotatable bonds is 4. The quantitative estimate of drug-likeness (QED) is 0.719. The zero-order chi connectivity index (χ0) is 8.97. The Morgan fingerprint density at radius 2 is 2.42 bits per heavy atom. The van der Waals surface area contributed by atoms with Crippen LogP contribution in [-0.4, -0.2) is 28.1 Å². The van der Waals surface area contributed by atoms with Gasteiger partial charge in [-0.15, -0.1) is 0 Å². The molecule has 0 aromatic carbocycles. The van der Waals surface area contributed by atoms with E-state index in [1.54, 1.807) is 0 Å². The van der Waals surface area contributed by atoms with Crippen LogP contribution in [0.5, 0.6) is 5.75 Å². The highest BCUT2D eigenvalue weighted by atomic mass is 16.5. The molecule has 0 aliphatic carbocycles. The molecule has 0 saturated heterocycles. The highest BCUT2D eigenvalue weighted by Gasteiger charge is 2.03. The lowest BCUT2D eigenvalue weighted by Gasteiger charge is -1.99. The standard InChI is InChI=1S/C8H14N2O2/c1-3-10-6-8(7(2)9-10)12-5-4-11/h6,11H,3-5H2,1-2H3. The number of aliphatic hydroxyl groups excluding tert-OH is 1. The van der Waals surface area contributed by atoms with Gasteiger partial charge in [-0.1, -0.05) is 0 Å². The maximum absolute atomic E-state index is 8.53. The van der Waals surface area contributed by atoms with Crippen LogP contribution in [0.1, 0.15) is 12.6 Å². The molecule has 0 amide bonds. The van der Waals surface area contributed by atoms with Crippen LogP contribution in [0.25, 0.3) is 0 Å². The van der Waals surface area contributed by atoms with Crippen LogP contribution in [0, 0.1) is 6.92 Å². The molecule has 1 aromatic rings. The molecule has 1 N–H and O–H groups in total. The van der Waals surface area contributed by atoms with E-state index in [0.29, 0.717) is 6.61 Å². The van der Waals surface area contributed by atoms with Crippen LogP contribution in [0.2, 0.25) is 0 Å². The van der Waals surface area contributed by atoms with Gasteiger partial charge in [0, 0.05) is 6.54 Å². The van der Waals surface area contributed by atoms with E-state index in [-0.39, 0.29) is 6.61 Å². The first-order chi connectivity index (χ1) is 5.77. The summed E-state index contributed by atoms with van der Waals surface area (Å²) in [5.41, 5.74) is 0.866. The van der Waals surface area contributed by atoms with Gasteiger partial charge in [0.2, 0.25) is 0 Å². The SMILES string of the molecule is CCn1cc(OCCO)c(C)n1. The van der Waals surface area contributed by atoms with Crippen LogP contribution in [0.3, 0.4) is 0 Å². The molecule has 0 spiro atoms. The van der Waals surface area contributed by atoms with Crippen molar-refractivity contribution in [3.8, 4) is 5.75 Å². The maximum atomic E-state index is 8.53. The Balaban J connectivity index is 2.64. The number of aromatic nitrogens is 2. The van der Waals surface area contributed by atoms with Crippen molar-refractivity contribution in [1.29, 1.82) is 0 Å². The van der Waals surface area contributed by atoms with Crippen molar-refractivity contribution in [2.45, 2.75) is 20.4 Å². The van der Waals surface area contributed by atoms with Crippen molar-refractivity contribution in [1.82, 2.24) is 9.78 Å². The molecule has 4 nitrogen and oxygen atoms in total. The number of ether oxygens (including phenoxy) is 1. The molecule has 0 atom stereocenters. The molecule has 0 aliphatic heterocycles. The number of nitrogens with zero attached hydrogens (tertiary/aromatic N) is 2. The van der Waals surface area contributed by atoms with Gasteiger partial charge in [0.1, 0.15) is 12.3 Å². The first-order valence-electron chi connectivity index (χ1n) is 4.05. The molecule has 0 bridgehead atoms. The first-order valence-corrected chi connectivity index (χ1v) is 4.05. The Kier molecular flexibility index (Phi) is 3.10. The van der Waals surface area contributed by atoms with Crippen LogP contribution in [-0.2, 0) is 6.54 Å². The molecular weight excluding hydrogens is 156 g/mol. The van der Waals surface area contributed by atoms with Gasteiger partial charge in [0.25, 0.3) is 0 Å². The van der Waals surface area contributed by atoms with Gasteiger partial charge in [-0.2, -0.15) is 5.10 Å². The molecule has 1 aromatic heterocycles. The van der Waals surface area contributed by atoms with E-state index >= 15 is 0 Å². The molecule has 0 unspecified atom stereocenters. The minimum atomic E-state index is 0.0384. The van der Waals surface area contributed by atoms with E-state index < -0.39 is 0 Å². The van der Waals surface area contributed by atoms with Gasteiger partial charge in [-0.3, -0.25) is 4.68 Å². The summed E-state index contributed by atoms with van der Waals surface area (Å²) >= 11 is 0. The first kappa shape index (κ1) is 9.06. The summed E-state index contributed by atoms with van der Waals surface area (Å²) in [6, 6.07) is 0. The lowest BCUT2D eigenvalue weighted by molar-refractivity contribution is 0.200. The second kappa shape index (κ2) is 4.11. The van der Waals surface area contributed by atoms with Crippen LogP contribution in [0.15, 0.2) is 6.20 Å². The number of aliphatic hydroxyl groups is 1. The molecule has 1 rings (SSSR count). The fraction of sp³-hybridized carbons (Fsp3) is 0.625. The largest absolute Gasteiger partial charge is 0.488 e. The topological polar surface area (TPSA) is 47.3 Å². The van der Waals surface area contributed by atoms with Crippen molar-refractivity contribution in [2.24, 2.45) is 0 Å². The van der Waals surface area contributed by atoms with Crippen LogP contribution in [0.4, 0.5) is 0 Å². The van der Waals surface area contributed by atoms with Gasteiger partial charge >= 0.3 is 0 Å². The minimum absolute atomic E-state index is 0.0384. The third kappa shape index (κ3) is 1.98. The second-order valence-electron chi connectivity index (χ2n) is 2.51. The molecule has 0 fully saturated rings. The molecule has 12 heavy (non-hydrogen) atoms. The number of hydrogen-bond acceptors (Lipinski definition) is 3. The van der Waals surface area contributed by atoms with Crippen molar-refractivity contribution in [2.75, 3.05) is 13.2 Å². The fourth-order valence-corrected chi connectivity index (χ4v) is 0.959. The number of hydrogen-bond donors (Lipinski definition) is 1. The lowest BCUT2D eigenvalue weighted by atomic mass is 10.4. The van der Waals surface area contributed by atoms with Crippen LogP contribution >= 0.6 is 0 Å². The van der Waals surface area contributed by atoms with Crippen molar-refractivity contribution in [3.05, 3.63) is 11.9 Å². The Morgan fingerprint density at radius 3 is 2.92 bits per heavy atom. The molecule has 68 valence electrons. The molecule has 0 saturated carbocycles. The van der Waals surface area contributed by atoms with Crippen molar-refractivity contribution < 1.29 is 9.84 Å². The Bertz CT molecular complexity index is 245. The molecule has 0 radical (unpaired) electrons. The highest BCUT2D eigenvalue weighted by Crippen LogP contribution is 2.14. The average molecular weight is 170 g/mol. The zero-order valence-corrected chi connectivity index (χ0v) is 7.45.